The zero-order chi connectivity index (χ0) is 20.6. The Bertz CT molecular complexity index is 867. The Kier molecular flexibility index (Phi) is 7.00. The summed E-state index contributed by atoms with van der Waals surface area (Å²) in [6.45, 7) is 3.67. The lowest BCUT2D eigenvalue weighted by Gasteiger charge is -2.33. The number of benzene rings is 2. The molecule has 6 nitrogen and oxygen atoms in total. The van der Waals surface area contributed by atoms with Crippen LogP contribution in [0.5, 0.6) is 0 Å². The fourth-order valence-corrected chi connectivity index (χ4v) is 3.40. The highest BCUT2D eigenvalue weighted by molar-refractivity contribution is 6.35. The minimum absolute atomic E-state index is 0.0753. The molecule has 2 aromatic carbocycles. The molecule has 6 heteroatoms. The van der Waals surface area contributed by atoms with Crippen LogP contribution in [-0.4, -0.2) is 53.7 Å². The maximum Gasteiger partial charge on any atom is 0.312 e. The Morgan fingerprint density at radius 1 is 0.931 bits per heavy atom. The van der Waals surface area contributed by atoms with E-state index in [4.69, 9.17) is 0 Å². The van der Waals surface area contributed by atoms with Crippen LogP contribution in [0.4, 0.5) is 0 Å². The number of aryl methyl sites for hydroxylation is 2. The van der Waals surface area contributed by atoms with Crippen LogP contribution in [-0.2, 0) is 27.3 Å². The van der Waals surface area contributed by atoms with Crippen LogP contribution in [0.15, 0.2) is 54.6 Å². The summed E-state index contributed by atoms with van der Waals surface area (Å²) in [5.41, 5.74) is 3.34. The van der Waals surface area contributed by atoms with Gasteiger partial charge in [-0.25, -0.2) is 0 Å². The quantitative estimate of drug-likeness (QED) is 0.550. The molecule has 0 unspecified atom stereocenters. The predicted octanol–water partition coefficient (Wildman–Crippen LogP) is 1.91. The first kappa shape index (κ1) is 20.6. The van der Waals surface area contributed by atoms with E-state index in [-0.39, 0.29) is 12.5 Å². The first-order valence-electron chi connectivity index (χ1n) is 9.98. The molecule has 2 aromatic rings. The van der Waals surface area contributed by atoms with Crippen LogP contribution in [0.25, 0.3) is 0 Å². The molecule has 1 N–H and O–H groups in total. The average molecular weight is 393 g/mol. The summed E-state index contributed by atoms with van der Waals surface area (Å²) in [6.07, 6.45) is 1.71. The predicted molar refractivity (Wildman–Crippen MR) is 111 cm³/mol. The van der Waals surface area contributed by atoms with Crippen molar-refractivity contribution in [2.24, 2.45) is 0 Å². The molecule has 152 valence electrons. The van der Waals surface area contributed by atoms with Gasteiger partial charge in [0.25, 0.3) is 0 Å². The van der Waals surface area contributed by atoms with Gasteiger partial charge in [0.1, 0.15) is 6.54 Å². The van der Waals surface area contributed by atoms with Crippen LogP contribution >= 0.6 is 0 Å². The van der Waals surface area contributed by atoms with Gasteiger partial charge in [-0.15, -0.1) is 0 Å². The maximum absolute atomic E-state index is 12.5. The molecular weight excluding hydrogens is 366 g/mol. The number of carbonyl (C=O) groups is 3. The molecule has 0 saturated carbocycles. The Morgan fingerprint density at radius 3 is 2.34 bits per heavy atom. The zero-order valence-electron chi connectivity index (χ0n) is 16.8. The van der Waals surface area contributed by atoms with Gasteiger partial charge in [0.05, 0.1) is 0 Å². The van der Waals surface area contributed by atoms with Crippen LogP contribution in [0.2, 0.25) is 0 Å². The molecule has 1 fully saturated rings. The Labute approximate surface area is 171 Å². The van der Waals surface area contributed by atoms with E-state index < -0.39 is 11.8 Å². The SMILES string of the molecule is Cc1ccccc1CN1CCN(CC(=O)NCCCc2ccccc2)C(=O)C1=O. The number of nitrogens with zero attached hydrogens (tertiary/aromatic N) is 2. The zero-order valence-corrected chi connectivity index (χ0v) is 16.8. The lowest BCUT2D eigenvalue weighted by atomic mass is 10.1. The average Bonchev–Trinajstić information content (AvgIpc) is 2.73. The molecule has 0 aliphatic carbocycles. The summed E-state index contributed by atoms with van der Waals surface area (Å²) in [6, 6.07) is 17.9. The van der Waals surface area contributed by atoms with Gasteiger partial charge in [-0.1, -0.05) is 54.6 Å². The van der Waals surface area contributed by atoms with Crippen molar-refractivity contribution in [3.63, 3.8) is 0 Å². The van der Waals surface area contributed by atoms with Crippen LogP contribution in [0.1, 0.15) is 23.1 Å². The maximum atomic E-state index is 12.5. The highest BCUT2D eigenvalue weighted by Gasteiger charge is 2.33. The van der Waals surface area contributed by atoms with Gasteiger partial charge in [0.2, 0.25) is 5.91 Å². The highest BCUT2D eigenvalue weighted by Crippen LogP contribution is 2.14. The van der Waals surface area contributed by atoms with Crippen LogP contribution in [0.3, 0.4) is 0 Å². The first-order chi connectivity index (χ1) is 14.0. The third kappa shape index (κ3) is 5.67. The van der Waals surface area contributed by atoms with Crippen LogP contribution in [0, 0.1) is 6.92 Å². The van der Waals surface area contributed by atoms with E-state index in [2.05, 4.69) is 17.4 Å². The minimum atomic E-state index is -0.607. The van der Waals surface area contributed by atoms with E-state index in [0.29, 0.717) is 26.2 Å². The summed E-state index contributed by atoms with van der Waals surface area (Å²) in [5.74, 6) is -1.38. The van der Waals surface area contributed by atoms with Crippen molar-refractivity contribution in [1.82, 2.24) is 15.1 Å². The molecule has 1 saturated heterocycles. The van der Waals surface area contributed by atoms with Gasteiger partial charge in [-0.3, -0.25) is 14.4 Å². The number of carbonyl (C=O) groups excluding carboxylic acids is 3. The van der Waals surface area contributed by atoms with E-state index in [9.17, 15) is 14.4 Å². The molecule has 0 aromatic heterocycles. The smallest absolute Gasteiger partial charge is 0.312 e. The van der Waals surface area contributed by atoms with E-state index in [1.54, 1.807) is 4.90 Å². The monoisotopic (exact) mass is 393 g/mol. The second-order valence-electron chi connectivity index (χ2n) is 7.32. The van der Waals surface area contributed by atoms with Gasteiger partial charge >= 0.3 is 11.8 Å². The van der Waals surface area contributed by atoms with Crippen molar-refractivity contribution in [3.05, 3.63) is 71.3 Å². The van der Waals surface area contributed by atoms with Gasteiger partial charge < -0.3 is 15.1 Å². The molecule has 29 heavy (non-hydrogen) atoms. The highest BCUT2D eigenvalue weighted by atomic mass is 16.2. The van der Waals surface area contributed by atoms with E-state index in [0.717, 1.165) is 24.0 Å². The molecule has 0 radical (unpaired) electrons. The number of hydrogen-bond donors (Lipinski definition) is 1. The lowest BCUT2D eigenvalue weighted by molar-refractivity contribution is -0.157. The third-order valence-electron chi connectivity index (χ3n) is 5.16. The number of hydrogen-bond acceptors (Lipinski definition) is 3. The molecule has 1 aliphatic heterocycles. The third-order valence-corrected chi connectivity index (χ3v) is 5.16. The summed E-state index contributed by atoms with van der Waals surface area (Å²) in [4.78, 5) is 39.9. The van der Waals surface area contributed by atoms with Gasteiger partial charge in [-0.2, -0.15) is 0 Å². The fraction of sp³-hybridized carbons (Fsp3) is 0.348. The molecule has 0 atom stereocenters. The lowest BCUT2D eigenvalue weighted by Crippen LogP contribution is -2.56. The summed E-state index contributed by atoms with van der Waals surface area (Å²) in [7, 11) is 0. The van der Waals surface area contributed by atoms with Gasteiger partial charge in [0, 0.05) is 26.2 Å². The van der Waals surface area contributed by atoms with Crippen molar-refractivity contribution in [1.29, 1.82) is 0 Å². The number of nitrogens with one attached hydrogen (secondary N) is 1. The van der Waals surface area contributed by atoms with Crippen molar-refractivity contribution in [3.8, 4) is 0 Å². The second-order valence-corrected chi connectivity index (χ2v) is 7.32. The Hall–Kier alpha value is -3.15. The van der Waals surface area contributed by atoms with E-state index >= 15 is 0 Å². The van der Waals surface area contributed by atoms with Crippen molar-refractivity contribution < 1.29 is 14.4 Å². The largest absolute Gasteiger partial charge is 0.355 e. The topological polar surface area (TPSA) is 69.7 Å². The van der Waals surface area contributed by atoms with Gasteiger partial charge in [-0.05, 0) is 36.5 Å². The minimum Gasteiger partial charge on any atom is -0.355 e. The molecule has 1 aliphatic rings. The summed E-state index contributed by atoms with van der Waals surface area (Å²) >= 11 is 0. The summed E-state index contributed by atoms with van der Waals surface area (Å²) < 4.78 is 0. The molecule has 3 amide bonds. The van der Waals surface area contributed by atoms with Crippen molar-refractivity contribution in [2.45, 2.75) is 26.3 Å². The normalized spacial score (nSPS) is 14.2. The standard InChI is InChI=1S/C23H27N3O3/c1-18-8-5-6-12-20(18)16-25-14-15-26(23(29)22(25)28)17-21(27)24-13-7-11-19-9-3-2-4-10-19/h2-6,8-10,12H,7,11,13-17H2,1H3,(H,24,27). The molecule has 0 spiro atoms. The Balaban J connectivity index is 1.43. The second kappa shape index (κ2) is 9.87. The molecular formula is C23H27N3O3. The molecule has 0 bridgehead atoms. The van der Waals surface area contributed by atoms with E-state index in [1.807, 2.05) is 49.4 Å². The number of rotatable bonds is 8. The number of piperazine rings is 1. The first-order valence-corrected chi connectivity index (χ1v) is 9.98. The van der Waals surface area contributed by atoms with Crippen molar-refractivity contribution in [2.75, 3.05) is 26.2 Å². The number of amides is 3. The summed E-state index contributed by atoms with van der Waals surface area (Å²) in [5, 5.41) is 2.84. The van der Waals surface area contributed by atoms with Crippen LogP contribution < -0.4 is 5.32 Å². The van der Waals surface area contributed by atoms with E-state index in [1.165, 1.54) is 10.5 Å². The Morgan fingerprint density at radius 2 is 1.59 bits per heavy atom. The molecule has 1 heterocycles. The van der Waals surface area contributed by atoms with Gasteiger partial charge in [0.15, 0.2) is 0 Å². The van der Waals surface area contributed by atoms with Crippen molar-refractivity contribution >= 4 is 17.7 Å². The molecule has 3 rings (SSSR count). The fourth-order valence-electron chi connectivity index (χ4n) is 3.40.